The molecule has 3 heterocycles. The molecule has 0 amide bonds. The lowest BCUT2D eigenvalue weighted by molar-refractivity contribution is -0.137. The molecule has 2 aromatic carbocycles. The molecular formula is C29H22F4N4O3S. The lowest BCUT2D eigenvalue weighted by atomic mass is 9.65. The molecule has 1 atom stereocenters. The summed E-state index contributed by atoms with van der Waals surface area (Å²) in [7, 11) is -4.39. The van der Waals surface area contributed by atoms with E-state index in [1.165, 1.54) is 18.3 Å². The SMILES string of the molecule is O=C(c1ccccn1)[C@]12Cc3cnn(-c4ccc(F)cc4)c3C=C1CCN(S(=O)(=O)c1cccc(C(F)(F)F)c1)C2. The Morgan fingerprint density at radius 3 is 2.49 bits per heavy atom. The Morgan fingerprint density at radius 2 is 1.78 bits per heavy atom. The first-order valence-corrected chi connectivity index (χ1v) is 14.1. The highest BCUT2D eigenvalue weighted by molar-refractivity contribution is 7.89. The van der Waals surface area contributed by atoms with Crippen molar-refractivity contribution in [2.45, 2.75) is 23.9 Å². The Bertz CT molecular complexity index is 1780. The number of benzene rings is 2. The summed E-state index contributed by atoms with van der Waals surface area (Å²) in [5.74, 6) is -0.795. The number of carbonyl (C=O) groups is 1. The molecule has 1 saturated heterocycles. The summed E-state index contributed by atoms with van der Waals surface area (Å²) in [6, 6.07) is 14.2. The maximum absolute atomic E-state index is 14.1. The fraction of sp³-hybridized carbons (Fsp3) is 0.207. The first-order chi connectivity index (χ1) is 19.5. The lowest BCUT2D eigenvalue weighted by Gasteiger charge is -2.44. The first-order valence-electron chi connectivity index (χ1n) is 12.7. The second-order valence-electron chi connectivity index (χ2n) is 10.0. The standard InChI is InChI=1S/C29H22F4N4O3S/c30-22-7-9-23(10-8-22)37-26-15-20-11-13-36(41(39,40)24-5-3-4-21(14-24)29(31,32)33)18-28(20,16-19(26)17-35-37)27(38)25-6-1-2-12-34-25/h1-10,12,14-15,17H,11,13,16,18H2/t28-/m0/s1. The molecule has 0 bridgehead atoms. The molecule has 0 unspecified atom stereocenters. The van der Waals surface area contributed by atoms with E-state index in [2.05, 4.69) is 10.1 Å². The van der Waals surface area contributed by atoms with Crippen LogP contribution in [0.5, 0.6) is 0 Å². The highest BCUT2D eigenvalue weighted by Crippen LogP contribution is 2.47. The van der Waals surface area contributed by atoms with E-state index < -0.39 is 43.7 Å². The predicted molar refractivity (Wildman–Crippen MR) is 141 cm³/mol. The van der Waals surface area contributed by atoms with E-state index in [1.54, 1.807) is 41.2 Å². The lowest BCUT2D eigenvalue weighted by Crippen LogP contribution is -2.53. The number of fused-ring (bicyclic) bond motifs is 2. The maximum atomic E-state index is 14.1. The molecule has 0 N–H and O–H groups in total. The fourth-order valence-corrected chi connectivity index (χ4v) is 7.08. The summed E-state index contributed by atoms with van der Waals surface area (Å²) >= 11 is 0. The number of carbonyl (C=O) groups excluding carboxylic acids is 1. The summed E-state index contributed by atoms with van der Waals surface area (Å²) < 4.78 is 83.7. The first kappa shape index (κ1) is 27.0. The zero-order valence-electron chi connectivity index (χ0n) is 21.3. The predicted octanol–water partition coefficient (Wildman–Crippen LogP) is 5.33. The summed E-state index contributed by atoms with van der Waals surface area (Å²) in [4.78, 5) is 17.8. The average molecular weight is 583 g/mol. The minimum atomic E-state index is -4.72. The number of rotatable bonds is 5. The Kier molecular flexibility index (Phi) is 6.42. The van der Waals surface area contributed by atoms with Crippen molar-refractivity contribution in [1.82, 2.24) is 19.1 Å². The number of sulfonamides is 1. The fourth-order valence-electron chi connectivity index (χ4n) is 5.53. The molecule has 2 aliphatic rings. The number of hydrogen-bond acceptors (Lipinski definition) is 5. The van der Waals surface area contributed by atoms with Gasteiger partial charge in [-0.3, -0.25) is 9.78 Å². The molecule has 4 aromatic rings. The van der Waals surface area contributed by atoms with Crippen LogP contribution < -0.4 is 0 Å². The minimum Gasteiger partial charge on any atom is -0.291 e. The van der Waals surface area contributed by atoms with E-state index in [-0.39, 0.29) is 31.6 Å². The average Bonchev–Trinajstić information content (AvgIpc) is 3.38. The van der Waals surface area contributed by atoms with Crippen molar-refractivity contribution < 1.29 is 30.8 Å². The van der Waals surface area contributed by atoms with Crippen LogP contribution in [-0.4, -0.2) is 46.4 Å². The topological polar surface area (TPSA) is 85.2 Å². The number of alkyl halides is 3. The maximum Gasteiger partial charge on any atom is 0.416 e. The van der Waals surface area contributed by atoms with Crippen molar-refractivity contribution in [2.24, 2.45) is 5.41 Å². The number of aromatic nitrogens is 3. The molecule has 41 heavy (non-hydrogen) atoms. The molecule has 0 spiro atoms. The summed E-state index contributed by atoms with van der Waals surface area (Å²) in [6.45, 7) is -0.324. The van der Waals surface area contributed by atoms with Gasteiger partial charge in [-0.2, -0.15) is 22.6 Å². The monoisotopic (exact) mass is 582 g/mol. The van der Waals surface area contributed by atoms with Crippen LogP contribution in [0.3, 0.4) is 0 Å². The Balaban J connectivity index is 1.44. The van der Waals surface area contributed by atoms with E-state index in [0.29, 0.717) is 28.6 Å². The molecule has 210 valence electrons. The van der Waals surface area contributed by atoms with Crippen LogP contribution in [0, 0.1) is 11.2 Å². The third-order valence-electron chi connectivity index (χ3n) is 7.58. The molecular weight excluding hydrogens is 560 g/mol. The molecule has 2 aromatic heterocycles. The number of halogens is 4. The van der Waals surface area contributed by atoms with Crippen LogP contribution >= 0.6 is 0 Å². The van der Waals surface area contributed by atoms with Gasteiger partial charge in [0.2, 0.25) is 10.0 Å². The van der Waals surface area contributed by atoms with E-state index in [0.717, 1.165) is 22.5 Å². The second kappa shape index (κ2) is 9.74. The van der Waals surface area contributed by atoms with Crippen LogP contribution in [0.4, 0.5) is 17.6 Å². The van der Waals surface area contributed by atoms with Crippen molar-refractivity contribution in [2.75, 3.05) is 13.1 Å². The van der Waals surface area contributed by atoms with Crippen LogP contribution in [0.1, 0.15) is 33.7 Å². The Hall–Kier alpha value is -4.16. The largest absolute Gasteiger partial charge is 0.416 e. The molecule has 0 saturated carbocycles. The van der Waals surface area contributed by atoms with Crippen molar-refractivity contribution in [3.63, 3.8) is 0 Å². The van der Waals surface area contributed by atoms with E-state index in [1.807, 2.05) is 6.08 Å². The van der Waals surface area contributed by atoms with Gasteiger partial charge >= 0.3 is 6.18 Å². The third kappa shape index (κ3) is 4.66. The van der Waals surface area contributed by atoms with E-state index in [4.69, 9.17) is 0 Å². The second-order valence-corrected chi connectivity index (χ2v) is 12.0. The molecule has 7 nitrogen and oxygen atoms in total. The third-order valence-corrected chi connectivity index (χ3v) is 9.42. The van der Waals surface area contributed by atoms with Gasteiger partial charge in [0.15, 0.2) is 5.78 Å². The number of ketones is 1. The van der Waals surface area contributed by atoms with Gasteiger partial charge < -0.3 is 0 Å². The van der Waals surface area contributed by atoms with Gasteiger partial charge in [-0.1, -0.05) is 17.7 Å². The molecule has 1 aliphatic heterocycles. The van der Waals surface area contributed by atoms with Crippen LogP contribution in [0.2, 0.25) is 0 Å². The minimum absolute atomic E-state index is 0.0400. The zero-order valence-corrected chi connectivity index (χ0v) is 22.2. The number of pyridine rings is 1. The van der Waals surface area contributed by atoms with Gasteiger partial charge in [-0.25, -0.2) is 17.5 Å². The van der Waals surface area contributed by atoms with Crippen molar-refractivity contribution in [1.29, 1.82) is 0 Å². The van der Waals surface area contributed by atoms with Crippen LogP contribution in [0.25, 0.3) is 11.8 Å². The molecule has 6 rings (SSSR count). The van der Waals surface area contributed by atoms with Gasteiger partial charge in [0.1, 0.15) is 11.5 Å². The Labute approximate surface area is 232 Å². The molecule has 1 fully saturated rings. The van der Waals surface area contributed by atoms with Crippen molar-refractivity contribution in [3.05, 3.63) is 113 Å². The van der Waals surface area contributed by atoms with Crippen LogP contribution in [0.15, 0.2) is 89.6 Å². The van der Waals surface area contributed by atoms with Gasteiger partial charge in [-0.05, 0) is 79.1 Å². The molecule has 0 radical (unpaired) electrons. The van der Waals surface area contributed by atoms with Crippen molar-refractivity contribution >= 4 is 21.9 Å². The van der Waals surface area contributed by atoms with Crippen molar-refractivity contribution in [3.8, 4) is 5.69 Å². The zero-order chi connectivity index (χ0) is 29.0. The Morgan fingerprint density at radius 1 is 1.00 bits per heavy atom. The van der Waals surface area contributed by atoms with E-state index in [9.17, 15) is 30.8 Å². The normalized spacial score (nSPS) is 19.3. The summed E-state index contributed by atoms with van der Waals surface area (Å²) in [5, 5.41) is 4.45. The quantitative estimate of drug-likeness (QED) is 0.235. The van der Waals surface area contributed by atoms with Gasteiger partial charge in [-0.15, -0.1) is 0 Å². The summed E-state index contributed by atoms with van der Waals surface area (Å²) in [6.07, 6.45) is 0.395. The van der Waals surface area contributed by atoms with Gasteiger partial charge in [0.25, 0.3) is 0 Å². The van der Waals surface area contributed by atoms with Gasteiger partial charge in [0, 0.05) is 19.3 Å². The van der Waals surface area contributed by atoms with Crippen LogP contribution in [-0.2, 0) is 22.6 Å². The number of piperidine rings is 1. The number of nitrogens with zero attached hydrogens (tertiary/aromatic N) is 4. The van der Waals surface area contributed by atoms with E-state index >= 15 is 0 Å². The summed E-state index contributed by atoms with van der Waals surface area (Å²) in [5.41, 5.74) is 0.339. The van der Waals surface area contributed by atoms with Gasteiger partial charge in [0.05, 0.1) is 33.5 Å². The molecule has 12 heteroatoms. The highest BCUT2D eigenvalue weighted by atomic mass is 32.2. The number of Topliss-reactive ketones (excluding diaryl/α,β-unsaturated/α-hetero) is 1. The smallest absolute Gasteiger partial charge is 0.291 e. The molecule has 1 aliphatic carbocycles. The number of hydrogen-bond donors (Lipinski definition) is 0. The highest BCUT2D eigenvalue weighted by Gasteiger charge is 2.51.